The van der Waals surface area contributed by atoms with Crippen LogP contribution in [0.2, 0.25) is 0 Å². The van der Waals surface area contributed by atoms with Crippen molar-refractivity contribution < 1.29 is 35.9 Å². The second-order valence-corrected chi connectivity index (χ2v) is 8.73. The highest BCUT2D eigenvalue weighted by molar-refractivity contribution is 7.17. The fourth-order valence-corrected chi connectivity index (χ4v) is 4.41. The highest BCUT2D eigenvalue weighted by Gasteiger charge is 2.39. The standard InChI is InChI=1S/C24H23F6N3O2S/c1-3-33(4-2)14-16-8-5-9-17(11-16)22-32-20(23(25,26)27)19(36-22)21(34)31-13-15-7-6-10-18(12-15)35-24(28,29)30/h5-12H,3-4,13-14H2,1-2H3,(H,31,34). The fourth-order valence-electron chi connectivity index (χ4n) is 3.41. The molecule has 0 aliphatic heterocycles. The van der Waals surface area contributed by atoms with Gasteiger partial charge in [-0.1, -0.05) is 44.2 Å². The highest BCUT2D eigenvalue weighted by Crippen LogP contribution is 2.38. The first kappa shape index (κ1) is 27.5. The van der Waals surface area contributed by atoms with Gasteiger partial charge in [-0.3, -0.25) is 9.69 Å². The molecule has 1 N–H and O–H groups in total. The predicted molar refractivity (Wildman–Crippen MR) is 123 cm³/mol. The number of hydrogen-bond acceptors (Lipinski definition) is 5. The lowest BCUT2D eigenvalue weighted by atomic mass is 10.1. The van der Waals surface area contributed by atoms with Crippen molar-refractivity contribution in [3.63, 3.8) is 0 Å². The molecular weight excluding hydrogens is 508 g/mol. The van der Waals surface area contributed by atoms with Gasteiger partial charge in [0.1, 0.15) is 15.6 Å². The summed E-state index contributed by atoms with van der Waals surface area (Å²) in [5.74, 6) is -1.54. The van der Waals surface area contributed by atoms with Crippen molar-refractivity contribution >= 4 is 17.2 Å². The van der Waals surface area contributed by atoms with E-state index >= 15 is 0 Å². The molecule has 12 heteroatoms. The average molecular weight is 532 g/mol. The van der Waals surface area contributed by atoms with E-state index < -0.39 is 34.8 Å². The van der Waals surface area contributed by atoms with Crippen molar-refractivity contribution in [1.82, 2.24) is 15.2 Å². The van der Waals surface area contributed by atoms with Gasteiger partial charge < -0.3 is 10.1 Å². The minimum Gasteiger partial charge on any atom is -0.406 e. The summed E-state index contributed by atoms with van der Waals surface area (Å²) < 4.78 is 82.2. The molecule has 36 heavy (non-hydrogen) atoms. The number of amides is 1. The lowest BCUT2D eigenvalue weighted by Crippen LogP contribution is -2.25. The topological polar surface area (TPSA) is 54.5 Å². The van der Waals surface area contributed by atoms with Crippen molar-refractivity contribution in [2.24, 2.45) is 0 Å². The molecule has 3 rings (SSSR count). The Bertz CT molecular complexity index is 1190. The maximum absolute atomic E-state index is 13.7. The molecule has 0 aliphatic rings. The van der Waals surface area contributed by atoms with Gasteiger partial charge in [0.05, 0.1) is 0 Å². The van der Waals surface area contributed by atoms with E-state index in [2.05, 4.69) is 19.9 Å². The maximum Gasteiger partial charge on any atom is 0.573 e. The van der Waals surface area contributed by atoms with E-state index in [4.69, 9.17) is 0 Å². The van der Waals surface area contributed by atoms with Crippen LogP contribution in [-0.4, -0.2) is 35.2 Å². The number of alkyl halides is 6. The molecule has 0 saturated heterocycles. The highest BCUT2D eigenvalue weighted by atomic mass is 32.1. The third-order valence-corrected chi connectivity index (χ3v) is 6.26. The summed E-state index contributed by atoms with van der Waals surface area (Å²) in [5.41, 5.74) is 0.244. The van der Waals surface area contributed by atoms with Crippen LogP contribution in [-0.2, 0) is 19.3 Å². The third-order valence-electron chi connectivity index (χ3n) is 5.16. The average Bonchev–Trinajstić information content (AvgIpc) is 3.27. The molecule has 0 radical (unpaired) electrons. The fraction of sp³-hybridized carbons (Fsp3) is 0.333. The molecule has 3 aromatic rings. The number of hydrogen-bond donors (Lipinski definition) is 1. The Morgan fingerprint density at radius 3 is 2.31 bits per heavy atom. The van der Waals surface area contributed by atoms with Gasteiger partial charge in [-0.25, -0.2) is 4.98 Å². The number of benzene rings is 2. The first-order valence-corrected chi connectivity index (χ1v) is 11.7. The van der Waals surface area contributed by atoms with Gasteiger partial charge in [0.2, 0.25) is 0 Å². The third kappa shape index (κ3) is 7.44. The van der Waals surface area contributed by atoms with Crippen LogP contribution in [0, 0.1) is 0 Å². The number of rotatable bonds is 9. The Hall–Kier alpha value is -3.12. The predicted octanol–water partition coefficient (Wildman–Crippen LogP) is 6.50. The number of thiazole rings is 1. The SMILES string of the molecule is CCN(CC)Cc1cccc(-c2nc(C(F)(F)F)c(C(=O)NCc3cccc(OC(F)(F)F)c3)s2)c1. The number of nitrogens with one attached hydrogen (secondary N) is 1. The number of nitrogens with zero attached hydrogens (tertiary/aromatic N) is 2. The summed E-state index contributed by atoms with van der Waals surface area (Å²) in [5, 5.41) is 2.36. The summed E-state index contributed by atoms with van der Waals surface area (Å²) in [6.45, 7) is 5.95. The molecule has 1 aromatic heterocycles. The minimum absolute atomic E-state index is 0.0365. The molecule has 1 heterocycles. The first-order valence-electron chi connectivity index (χ1n) is 10.9. The summed E-state index contributed by atoms with van der Waals surface area (Å²) in [4.78, 5) is 17.9. The maximum atomic E-state index is 13.7. The lowest BCUT2D eigenvalue weighted by molar-refractivity contribution is -0.274. The van der Waals surface area contributed by atoms with Gasteiger partial charge in [-0.05, 0) is 42.4 Å². The molecule has 0 spiro atoms. The normalized spacial score (nSPS) is 12.1. The Morgan fingerprint density at radius 2 is 1.67 bits per heavy atom. The monoisotopic (exact) mass is 531 g/mol. The van der Waals surface area contributed by atoms with Crippen molar-refractivity contribution in [2.45, 2.75) is 39.5 Å². The molecule has 194 valence electrons. The van der Waals surface area contributed by atoms with Crippen molar-refractivity contribution in [1.29, 1.82) is 0 Å². The molecule has 0 atom stereocenters. The van der Waals surface area contributed by atoms with E-state index in [1.807, 2.05) is 19.9 Å². The molecule has 0 saturated carbocycles. The molecule has 0 unspecified atom stereocenters. The van der Waals surface area contributed by atoms with Crippen molar-refractivity contribution in [3.8, 4) is 16.3 Å². The number of aromatic nitrogens is 1. The molecule has 0 fully saturated rings. The van der Waals surface area contributed by atoms with Crippen molar-refractivity contribution in [3.05, 3.63) is 70.2 Å². The quantitative estimate of drug-likeness (QED) is 0.321. The van der Waals surface area contributed by atoms with Crippen LogP contribution in [0.4, 0.5) is 26.3 Å². The molecule has 0 bridgehead atoms. The van der Waals surface area contributed by atoms with Gasteiger partial charge in [-0.15, -0.1) is 24.5 Å². The minimum atomic E-state index is -4.90. The smallest absolute Gasteiger partial charge is 0.406 e. The Morgan fingerprint density at radius 1 is 1.00 bits per heavy atom. The summed E-state index contributed by atoms with van der Waals surface area (Å²) in [6.07, 6.45) is -9.77. The summed E-state index contributed by atoms with van der Waals surface area (Å²) >= 11 is 0.603. The number of carbonyl (C=O) groups excluding carboxylic acids is 1. The van der Waals surface area contributed by atoms with Gasteiger partial charge in [0.25, 0.3) is 5.91 Å². The van der Waals surface area contributed by atoms with E-state index in [1.165, 1.54) is 12.1 Å². The van der Waals surface area contributed by atoms with E-state index in [-0.39, 0.29) is 17.1 Å². The largest absolute Gasteiger partial charge is 0.573 e. The molecule has 2 aromatic carbocycles. The van der Waals surface area contributed by atoms with Gasteiger partial charge >= 0.3 is 12.5 Å². The lowest BCUT2D eigenvalue weighted by Gasteiger charge is -2.18. The van der Waals surface area contributed by atoms with E-state index in [9.17, 15) is 31.1 Å². The van der Waals surface area contributed by atoms with Gasteiger partial charge in [0.15, 0.2) is 5.69 Å². The summed E-state index contributed by atoms with van der Waals surface area (Å²) in [7, 11) is 0. The second-order valence-electron chi connectivity index (χ2n) is 7.73. The van der Waals surface area contributed by atoms with Gasteiger partial charge in [-0.2, -0.15) is 13.2 Å². The Kier molecular flexibility index (Phi) is 8.62. The van der Waals surface area contributed by atoms with Crippen LogP contribution in [0.3, 0.4) is 0 Å². The van der Waals surface area contributed by atoms with Crippen molar-refractivity contribution in [2.75, 3.05) is 13.1 Å². The number of halogens is 6. The number of carbonyl (C=O) groups is 1. The summed E-state index contributed by atoms with van der Waals surface area (Å²) in [6, 6.07) is 11.8. The second kappa shape index (κ2) is 11.3. The van der Waals surface area contributed by atoms with Crippen LogP contribution < -0.4 is 10.1 Å². The Balaban J connectivity index is 1.83. The first-order chi connectivity index (χ1) is 16.9. The molecule has 5 nitrogen and oxygen atoms in total. The molecular formula is C24H23F6N3O2S. The number of ether oxygens (including phenoxy) is 1. The molecule has 0 aliphatic carbocycles. The van der Waals surface area contributed by atoms with Crippen LogP contribution in [0.1, 0.15) is 40.3 Å². The van der Waals surface area contributed by atoms with E-state index in [0.717, 1.165) is 30.8 Å². The van der Waals surface area contributed by atoms with E-state index in [0.29, 0.717) is 23.4 Å². The van der Waals surface area contributed by atoms with Crippen LogP contribution in [0.15, 0.2) is 48.5 Å². The van der Waals surface area contributed by atoms with Crippen LogP contribution in [0.5, 0.6) is 5.75 Å². The molecule has 1 amide bonds. The van der Waals surface area contributed by atoms with Gasteiger partial charge in [0, 0.05) is 18.7 Å². The Labute approximate surface area is 207 Å². The van der Waals surface area contributed by atoms with E-state index in [1.54, 1.807) is 18.2 Å². The zero-order valence-corrected chi connectivity index (χ0v) is 20.2. The zero-order chi connectivity index (χ0) is 26.5. The van der Waals surface area contributed by atoms with Crippen LogP contribution >= 0.6 is 11.3 Å². The van der Waals surface area contributed by atoms with Crippen LogP contribution in [0.25, 0.3) is 10.6 Å². The zero-order valence-electron chi connectivity index (χ0n) is 19.3.